The van der Waals surface area contributed by atoms with Crippen LogP contribution < -0.4 is 10.1 Å². The average molecular weight is 344 g/mol. The minimum atomic E-state index is 0.680. The maximum Gasteiger partial charge on any atom is 0.119 e. The van der Waals surface area contributed by atoms with Gasteiger partial charge in [-0.25, -0.2) is 0 Å². The molecule has 0 aliphatic heterocycles. The summed E-state index contributed by atoms with van der Waals surface area (Å²) in [5, 5.41) is 4.47. The molecule has 1 N–H and O–H groups in total. The molecule has 2 rings (SSSR count). The SMILES string of the molecule is CSC1CCCC(NCCOc2ccc(Br)cc2)C1. The Labute approximate surface area is 128 Å². The largest absolute Gasteiger partial charge is 0.492 e. The molecule has 1 fully saturated rings. The van der Waals surface area contributed by atoms with Gasteiger partial charge >= 0.3 is 0 Å². The van der Waals surface area contributed by atoms with Crippen LogP contribution >= 0.6 is 27.7 Å². The van der Waals surface area contributed by atoms with E-state index in [1.54, 1.807) is 0 Å². The third-order valence-corrected chi connectivity index (χ3v) is 5.20. The van der Waals surface area contributed by atoms with Crippen LogP contribution in [0, 0.1) is 0 Å². The van der Waals surface area contributed by atoms with E-state index in [0.29, 0.717) is 6.04 Å². The van der Waals surface area contributed by atoms with Crippen LogP contribution in [0.15, 0.2) is 28.7 Å². The maximum atomic E-state index is 5.72. The summed E-state index contributed by atoms with van der Waals surface area (Å²) in [4.78, 5) is 0. The van der Waals surface area contributed by atoms with Gasteiger partial charge in [-0.05, 0) is 49.8 Å². The van der Waals surface area contributed by atoms with E-state index in [1.165, 1.54) is 25.7 Å². The Kier molecular flexibility index (Phi) is 6.54. The second-order valence-corrected chi connectivity index (χ2v) is 7.03. The molecule has 2 unspecified atom stereocenters. The van der Waals surface area contributed by atoms with Crippen LogP contribution in [-0.4, -0.2) is 30.7 Å². The third-order valence-electron chi connectivity index (χ3n) is 3.58. The van der Waals surface area contributed by atoms with Crippen molar-refractivity contribution in [2.24, 2.45) is 0 Å². The first-order valence-corrected chi connectivity index (χ1v) is 9.00. The molecule has 19 heavy (non-hydrogen) atoms. The number of hydrogen-bond donors (Lipinski definition) is 1. The lowest BCUT2D eigenvalue weighted by Gasteiger charge is -2.28. The maximum absolute atomic E-state index is 5.72. The van der Waals surface area contributed by atoms with E-state index in [1.807, 2.05) is 36.0 Å². The highest BCUT2D eigenvalue weighted by molar-refractivity contribution is 9.10. The van der Waals surface area contributed by atoms with Gasteiger partial charge in [-0.1, -0.05) is 22.4 Å². The molecule has 0 aromatic heterocycles. The van der Waals surface area contributed by atoms with Crippen LogP contribution in [-0.2, 0) is 0 Å². The van der Waals surface area contributed by atoms with Crippen molar-refractivity contribution >= 4 is 27.7 Å². The molecular weight excluding hydrogens is 322 g/mol. The fourth-order valence-corrected chi connectivity index (χ4v) is 3.60. The molecule has 1 aliphatic carbocycles. The summed E-state index contributed by atoms with van der Waals surface area (Å²) < 4.78 is 6.80. The van der Waals surface area contributed by atoms with E-state index in [4.69, 9.17) is 4.74 Å². The Hall–Kier alpha value is -0.190. The predicted molar refractivity (Wildman–Crippen MR) is 87.2 cm³/mol. The van der Waals surface area contributed by atoms with Gasteiger partial charge in [0.05, 0.1) is 0 Å². The molecule has 0 spiro atoms. The minimum absolute atomic E-state index is 0.680. The highest BCUT2D eigenvalue weighted by atomic mass is 79.9. The molecule has 0 radical (unpaired) electrons. The van der Waals surface area contributed by atoms with E-state index in [0.717, 1.165) is 28.6 Å². The normalized spacial score (nSPS) is 23.3. The molecule has 0 amide bonds. The summed E-state index contributed by atoms with van der Waals surface area (Å²) in [7, 11) is 0. The summed E-state index contributed by atoms with van der Waals surface area (Å²) in [5.74, 6) is 0.940. The van der Waals surface area contributed by atoms with Gasteiger partial charge in [0.1, 0.15) is 12.4 Å². The number of benzene rings is 1. The molecule has 4 heteroatoms. The molecule has 0 bridgehead atoms. The van der Waals surface area contributed by atoms with E-state index < -0.39 is 0 Å². The molecule has 2 nitrogen and oxygen atoms in total. The van der Waals surface area contributed by atoms with Crippen molar-refractivity contribution in [2.75, 3.05) is 19.4 Å². The van der Waals surface area contributed by atoms with Gasteiger partial charge in [0.25, 0.3) is 0 Å². The first-order valence-electron chi connectivity index (χ1n) is 6.92. The van der Waals surface area contributed by atoms with Crippen molar-refractivity contribution in [3.63, 3.8) is 0 Å². The van der Waals surface area contributed by atoms with Crippen LogP contribution in [0.25, 0.3) is 0 Å². The Balaban J connectivity index is 1.62. The second-order valence-electron chi connectivity index (χ2n) is 4.98. The molecule has 1 aromatic carbocycles. The van der Waals surface area contributed by atoms with Crippen molar-refractivity contribution in [2.45, 2.75) is 37.0 Å². The quantitative estimate of drug-likeness (QED) is 0.786. The third kappa shape index (κ3) is 5.36. The van der Waals surface area contributed by atoms with Crippen molar-refractivity contribution in [3.8, 4) is 5.75 Å². The van der Waals surface area contributed by atoms with Gasteiger partial charge in [0, 0.05) is 22.3 Å². The second kappa shape index (κ2) is 8.18. The van der Waals surface area contributed by atoms with Crippen molar-refractivity contribution in [3.05, 3.63) is 28.7 Å². The van der Waals surface area contributed by atoms with Gasteiger partial charge < -0.3 is 10.1 Å². The lowest BCUT2D eigenvalue weighted by Crippen LogP contribution is -2.37. The molecule has 1 aliphatic rings. The van der Waals surface area contributed by atoms with Gasteiger partial charge in [0.2, 0.25) is 0 Å². The summed E-state index contributed by atoms with van der Waals surface area (Å²) in [5.41, 5.74) is 0. The number of halogens is 1. The van der Waals surface area contributed by atoms with Crippen molar-refractivity contribution in [1.82, 2.24) is 5.32 Å². The van der Waals surface area contributed by atoms with Crippen LogP contribution in [0.2, 0.25) is 0 Å². The topological polar surface area (TPSA) is 21.3 Å². The molecule has 1 aromatic rings. The van der Waals surface area contributed by atoms with Crippen LogP contribution in [0.1, 0.15) is 25.7 Å². The van der Waals surface area contributed by atoms with Gasteiger partial charge in [-0.3, -0.25) is 0 Å². The molecule has 2 atom stereocenters. The number of hydrogen-bond acceptors (Lipinski definition) is 3. The van der Waals surface area contributed by atoms with Crippen molar-refractivity contribution in [1.29, 1.82) is 0 Å². The van der Waals surface area contributed by atoms with E-state index in [9.17, 15) is 0 Å². The Morgan fingerprint density at radius 2 is 2.11 bits per heavy atom. The summed E-state index contributed by atoms with van der Waals surface area (Å²) in [6, 6.07) is 8.68. The first-order chi connectivity index (χ1) is 9.28. The van der Waals surface area contributed by atoms with Gasteiger partial charge in [0.15, 0.2) is 0 Å². The van der Waals surface area contributed by atoms with Crippen LogP contribution in [0.4, 0.5) is 0 Å². The number of rotatable bonds is 6. The standard InChI is InChI=1S/C15H22BrNOS/c1-19-15-4-2-3-13(11-15)17-9-10-18-14-7-5-12(16)6-8-14/h5-8,13,15,17H,2-4,9-11H2,1H3. The lowest BCUT2D eigenvalue weighted by atomic mass is 9.95. The number of nitrogens with one attached hydrogen (secondary N) is 1. The van der Waals surface area contributed by atoms with Crippen LogP contribution in [0.3, 0.4) is 0 Å². The van der Waals surface area contributed by atoms with E-state index in [2.05, 4.69) is 27.5 Å². The fraction of sp³-hybridized carbons (Fsp3) is 0.600. The Morgan fingerprint density at radius 1 is 1.32 bits per heavy atom. The molecule has 0 saturated heterocycles. The summed E-state index contributed by atoms with van der Waals surface area (Å²) in [6.07, 6.45) is 7.59. The number of thioether (sulfide) groups is 1. The summed E-state index contributed by atoms with van der Waals surface area (Å²) in [6.45, 7) is 1.67. The minimum Gasteiger partial charge on any atom is -0.492 e. The zero-order valence-corrected chi connectivity index (χ0v) is 13.8. The Morgan fingerprint density at radius 3 is 2.84 bits per heavy atom. The van der Waals surface area contributed by atoms with Gasteiger partial charge in [-0.2, -0.15) is 11.8 Å². The molecule has 1 saturated carbocycles. The van der Waals surface area contributed by atoms with E-state index >= 15 is 0 Å². The highest BCUT2D eigenvalue weighted by Crippen LogP contribution is 2.26. The average Bonchev–Trinajstić information content (AvgIpc) is 2.46. The number of ether oxygens (including phenoxy) is 1. The summed E-state index contributed by atoms with van der Waals surface area (Å²) >= 11 is 5.43. The van der Waals surface area contributed by atoms with E-state index in [-0.39, 0.29) is 0 Å². The molecule has 0 heterocycles. The Bertz CT molecular complexity index is 371. The van der Waals surface area contributed by atoms with Crippen LogP contribution in [0.5, 0.6) is 5.75 Å². The zero-order valence-electron chi connectivity index (χ0n) is 11.4. The zero-order chi connectivity index (χ0) is 13.5. The highest BCUT2D eigenvalue weighted by Gasteiger charge is 2.20. The predicted octanol–water partition coefficient (Wildman–Crippen LogP) is 4.09. The fourth-order valence-electron chi connectivity index (χ4n) is 2.51. The lowest BCUT2D eigenvalue weighted by molar-refractivity contribution is 0.291. The first kappa shape index (κ1) is 15.2. The molecular formula is C15H22BrNOS. The monoisotopic (exact) mass is 343 g/mol. The van der Waals surface area contributed by atoms with Gasteiger partial charge in [-0.15, -0.1) is 0 Å². The smallest absolute Gasteiger partial charge is 0.119 e. The van der Waals surface area contributed by atoms with Crippen molar-refractivity contribution < 1.29 is 4.74 Å². The molecule has 106 valence electrons.